The maximum atomic E-state index is 11.6. The van der Waals surface area contributed by atoms with E-state index in [9.17, 15) is 8.42 Å². The highest BCUT2D eigenvalue weighted by Crippen LogP contribution is 2.00. The van der Waals surface area contributed by atoms with Gasteiger partial charge >= 0.3 is 0 Å². The van der Waals surface area contributed by atoms with Gasteiger partial charge in [-0.25, -0.2) is 13.4 Å². The highest BCUT2D eigenvalue weighted by molar-refractivity contribution is 7.91. The molecule has 0 bridgehead atoms. The third kappa shape index (κ3) is 5.64. The Morgan fingerprint density at radius 1 is 1.39 bits per heavy atom. The lowest BCUT2D eigenvalue weighted by molar-refractivity contribution is 0.581. The van der Waals surface area contributed by atoms with E-state index >= 15 is 0 Å². The van der Waals surface area contributed by atoms with E-state index in [0.29, 0.717) is 25.6 Å². The van der Waals surface area contributed by atoms with Crippen LogP contribution in [0, 0.1) is 0 Å². The van der Waals surface area contributed by atoms with Crippen LogP contribution in [0.4, 0.5) is 0 Å². The van der Waals surface area contributed by atoms with Gasteiger partial charge in [-0.05, 0) is 6.42 Å². The van der Waals surface area contributed by atoms with Gasteiger partial charge in [0, 0.05) is 31.1 Å². The standard InChI is InChI=1S/C12H23N3O2S/c1-4-6-18(16,17)7-5-15-9-12(14-10-15)8-13-11(2)3/h9-11,13H,4-8H2,1-3H3. The molecule has 5 nitrogen and oxygen atoms in total. The third-order valence-corrected chi connectivity index (χ3v) is 4.39. The fraction of sp³-hybridized carbons (Fsp3) is 0.750. The Bertz CT molecular complexity index is 452. The number of hydrogen-bond acceptors (Lipinski definition) is 4. The maximum Gasteiger partial charge on any atom is 0.152 e. The van der Waals surface area contributed by atoms with Crippen LogP contribution in [0.3, 0.4) is 0 Å². The number of aromatic nitrogens is 2. The summed E-state index contributed by atoms with van der Waals surface area (Å²) in [4.78, 5) is 4.24. The highest BCUT2D eigenvalue weighted by Gasteiger charge is 2.09. The molecular weight excluding hydrogens is 250 g/mol. The molecule has 0 amide bonds. The second-order valence-corrected chi connectivity index (χ2v) is 7.09. The van der Waals surface area contributed by atoms with Crippen molar-refractivity contribution >= 4 is 9.84 Å². The van der Waals surface area contributed by atoms with Gasteiger partial charge in [-0.15, -0.1) is 0 Å². The minimum atomic E-state index is -2.91. The second kappa shape index (κ2) is 6.89. The van der Waals surface area contributed by atoms with Crippen molar-refractivity contribution in [3.05, 3.63) is 18.2 Å². The Balaban J connectivity index is 2.44. The molecule has 1 rings (SSSR count). The first-order valence-electron chi connectivity index (χ1n) is 6.37. The summed E-state index contributed by atoms with van der Waals surface area (Å²) >= 11 is 0. The van der Waals surface area contributed by atoms with Gasteiger partial charge in [-0.1, -0.05) is 20.8 Å². The van der Waals surface area contributed by atoms with Crippen LogP contribution in [-0.2, 0) is 22.9 Å². The summed E-state index contributed by atoms with van der Waals surface area (Å²) < 4.78 is 25.0. The molecule has 1 heterocycles. The van der Waals surface area contributed by atoms with Crippen LogP contribution in [0.25, 0.3) is 0 Å². The first-order chi connectivity index (χ1) is 8.43. The summed E-state index contributed by atoms with van der Waals surface area (Å²) in [6, 6.07) is 0.417. The van der Waals surface area contributed by atoms with Crippen molar-refractivity contribution in [3.63, 3.8) is 0 Å². The Hall–Kier alpha value is -0.880. The number of sulfone groups is 1. The van der Waals surface area contributed by atoms with Gasteiger partial charge in [0.05, 0.1) is 17.8 Å². The second-order valence-electron chi connectivity index (χ2n) is 4.79. The molecule has 0 aliphatic carbocycles. The van der Waals surface area contributed by atoms with Crippen LogP contribution in [0.2, 0.25) is 0 Å². The fourth-order valence-electron chi connectivity index (χ4n) is 1.59. The van der Waals surface area contributed by atoms with Crippen LogP contribution >= 0.6 is 0 Å². The molecular formula is C12H23N3O2S. The summed E-state index contributed by atoms with van der Waals surface area (Å²) in [5, 5.41) is 3.27. The highest BCUT2D eigenvalue weighted by atomic mass is 32.2. The number of nitrogens with zero attached hydrogens (tertiary/aromatic N) is 2. The predicted molar refractivity (Wildman–Crippen MR) is 73.1 cm³/mol. The van der Waals surface area contributed by atoms with Crippen LogP contribution in [-0.4, -0.2) is 35.5 Å². The average molecular weight is 273 g/mol. The first-order valence-corrected chi connectivity index (χ1v) is 8.19. The van der Waals surface area contributed by atoms with Crippen molar-refractivity contribution in [1.29, 1.82) is 0 Å². The molecule has 0 atom stereocenters. The summed E-state index contributed by atoms with van der Waals surface area (Å²) in [6.45, 7) is 7.23. The predicted octanol–water partition coefficient (Wildman–Crippen LogP) is 1.21. The van der Waals surface area contributed by atoms with Gasteiger partial charge in [0.15, 0.2) is 9.84 Å². The summed E-state index contributed by atoms with van der Waals surface area (Å²) in [5.74, 6) is 0.456. The molecule has 18 heavy (non-hydrogen) atoms. The summed E-state index contributed by atoms with van der Waals surface area (Å²) in [5.41, 5.74) is 0.941. The van der Waals surface area contributed by atoms with Gasteiger partial charge in [0.1, 0.15) is 0 Å². The molecule has 0 unspecified atom stereocenters. The summed E-state index contributed by atoms with van der Waals surface area (Å²) in [7, 11) is -2.91. The van der Waals surface area contributed by atoms with Crippen molar-refractivity contribution < 1.29 is 8.42 Å². The van der Waals surface area contributed by atoms with Crippen molar-refractivity contribution in [2.45, 2.75) is 46.3 Å². The van der Waals surface area contributed by atoms with Gasteiger partial charge in [0.2, 0.25) is 0 Å². The molecule has 1 aromatic heterocycles. The molecule has 0 aromatic carbocycles. The molecule has 0 saturated carbocycles. The van der Waals surface area contributed by atoms with E-state index in [2.05, 4.69) is 24.1 Å². The zero-order chi connectivity index (χ0) is 13.6. The lowest BCUT2D eigenvalue weighted by Crippen LogP contribution is -2.22. The molecule has 1 aromatic rings. The number of imidazole rings is 1. The third-order valence-electron chi connectivity index (χ3n) is 2.55. The normalized spacial score (nSPS) is 12.2. The van der Waals surface area contributed by atoms with Crippen LogP contribution in [0.5, 0.6) is 0 Å². The number of rotatable bonds is 8. The molecule has 1 N–H and O–H groups in total. The molecule has 104 valence electrons. The van der Waals surface area contributed by atoms with E-state index in [1.165, 1.54) is 0 Å². The average Bonchev–Trinajstić information content (AvgIpc) is 2.72. The first kappa shape index (κ1) is 15.2. The zero-order valence-electron chi connectivity index (χ0n) is 11.4. The molecule has 6 heteroatoms. The van der Waals surface area contributed by atoms with E-state index < -0.39 is 9.84 Å². The minimum absolute atomic E-state index is 0.189. The number of hydrogen-bond donors (Lipinski definition) is 1. The number of aryl methyl sites for hydroxylation is 1. The van der Waals surface area contributed by atoms with Gasteiger partial charge < -0.3 is 9.88 Å². The minimum Gasteiger partial charge on any atom is -0.336 e. The maximum absolute atomic E-state index is 11.6. The van der Waals surface area contributed by atoms with Crippen molar-refractivity contribution in [2.24, 2.45) is 0 Å². The Labute approximate surface area is 110 Å². The molecule has 0 fully saturated rings. The van der Waals surface area contributed by atoms with Crippen LogP contribution < -0.4 is 5.32 Å². The molecule has 0 aliphatic heterocycles. The van der Waals surface area contributed by atoms with E-state index in [1.807, 2.05) is 17.7 Å². The van der Waals surface area contributed by atoms with E-state index in [4.69, 9.17) is 0 Å². The van der Waals surface area contributed by atoms with Crippen LogP contribution in [0.1, 0.15) is 32.9 Å². The van der Waals surface area contributed by atoms with Crippen molar-refractivity contribution in [3.8, 4) is 0 Å². The van der Waals surface area contributed by atoms with Crippen LogP contribution in [0.15, 0.2) is 12.5 Å². The Morgan fingerprint density at radius 3 is 2.72 bits per heavy atom. The van der Waals surface area contributed by atoms with Gasteiger partial charge in [-0.3, -0.25) is 0 Å². The van der Waals surface area contributed by atoms with E-state index in [0.717, 1.165) is 5.69 Å². The lowest BCUT2D eigenvalue weighted by Gasteiger charge is -2.05. The summed E-state index contributed by atoms with van der Waals surface area (Å²) in [6.07, 6.45) is 4.27. The van der Waals surface area contributed by atoms with E-state index in [-0.39, 0.29) is 11.5 Å². The van der Waals surface area contributed by atoms with Crippen molar-refractivity contribution in [1.82, 2.24) is 14.9 Å². The quantitative estimate of drug-likeness (QED) is 0.773. The Kier molecular flexibility index (Phi) is 5.81. The van der Waals surface area contributed by atoms with Crippen molar-refractivity contribution in [2.75, 3.05) is 11.5 Å². The van der Waals surface area contributed by atoms with Gasteiger partial charge in [0.25, 0.3) is 0 Å². The number of nitrogens with one attached hydrogen (secondary N) is 1. The Morgan fingerprint density at radius 2 is 2.11 bits per heavy atom. The largest absolute Gasteiger partial charge is 0.336 e. The monoisotopic (exact) mass is 273 g/mol. The molecule has 0 saturated heterocycles. The van der Waals surface area contributed by atoms with Gasteiger partial charge in [-0.2, -0.15) is 0 Å². The lowest BCUT2D eigenvalue weighted by atomic mass is 10.3. The molecule has 0 radical (unpaired) electrons. The van der Waals surface area contributed by atoms with E-state index in [1.54, 1.807) is 6.33 Å². The fourth-order valence-corrected chi connectivity index (χ4v) is 2.90. The molecule has 0 aliphatic rings. The smallest absolute Gasteiger partial charge is 0.152 e. The SMILES string of the molecule is CCCS(=O)(=O)CCn1cnc(CNC(C)C)c1. The topological polar surface area (TPSA) is 64.0 Å². The molecule has 0 spiro atoms. The zero-order valence-corrected chi connectivity index (χ0v) is 12.2.